The van der Waals surface area contributed by atoms with Gasteiger partial charge in [-0.25, -0.2) is 0 Å². The molecule has 0 bridgehead atoms. The van der Waals surface area contributed by atoms with E-state index in [1.807, 2.05) is 18.2 Å². The van der Waals surface area contributed by atoms with E-state index in [1.165, 1.54) is 16.7 Å². The molecule has 15 heavy (non-hydrogen) atoms. The summed E-state index contributed by atoms with van der Waals surface area (Å²) in [5, 5.41) is 0. The Morgan fingerprint density at radius 2 is 1.53 bits per heavy atom. The van der Waals surface area contributed by atoms with E-state index in [0.29, 0.717) is 0 Å². The second-order valence-corrected chi connectivity index (χ2v) is 3.36. The minimum atomic E-state index is 1.24. The van der Waals surface area contributed by atoms with Crippen LogP contribution in [-0.2, 0) is 0 Å². The van der Waals surface area contributed by atoms with Crippen LogP contribution in [-0.4, -0.2) is 0 Å². The summed E-state index contributed by atoms with van der Waals surface area (Å²) < 4.78 is 0. The average Bonchev–Trinajstić information content (AvgIpc) is 2.33. The van der Waals surface area contributed by atoms with Gasteiger partial charge in [-0.2, -0.15) is 0 Å². The average molecular weight is 193 g/mol. The van der Waals surface area contributed by atoms with Gasteiger partial charge in [0.1, 0.15) is 0 Å². The van der Waals surface area contributed by atoms with Crippen molar-refractivity contribution in [1.29, 1.82) is 0 Å². The lowest BCUT2D eigenvalue weighted by Crippen LogP contribution is -1.86. The lowest BCUT2D eigenvalue weighted by molar-refractivity contribution is 1.52. The van der Waals surface area contributed by atoms with Crippen LogP contribution in [0.3, 0.4) is 0 Å². The molecule has 0 N–H and O–H groups in total. The molecule has 0 aliphatic rings. The molecule has 1 radical (unpaired) electrons. The summed E-state index contributed by atoms with van der Waals surface area (Å²) in [6, 6.07) is 21.5. The molecule has 0 heterocycles. The van der Waals surface area contributed by atoms with Crippen molar-refractivity contribution >= 4 is 5.57 Å². The van der Waals surface area contributed by atoms with E-state index in [0.717, 1.165) is 0 Å². The summed E-state index contributed by atoms with van der Waals surface area (Å²) in [6.07, 6.45) is 2.14. The van der Waals surface area contributed by atoms with Crippen molar-refractivity contribution in [3.63, 3.8) is 0 Å². The Bertz CT molecular complexity index is 396. The maximum atomic E-state index is 3.04. The molecule has 0 aromatic heterocycles. The van der Waals surface area contributed by atoms with E-state index in [4.69, 9.17) is 0 Å². The normalized spacial score (nSPS) is 11.4. The highest BCUT2D eigenvalue weighted by Crippen LogP contribution is 2.22. The zero-order chi connectivity index (χ0) is 10.5. The van der Waals surface area contributed by atoms with Crippen LogP contribution < -0.4 is 0 Å². The summed E-state index contributed by atoms with van der Waals surface area (Å²) >= 11 is 0. The van der Waals surface area contributed by atoms with Crippen molar-refractivity contribution in [2.24, 2.45) is 0 Å². The van der Waals surface area contributed by atoms with Crippen LogP contribution >= 0.6 is 0 Å². The molecule has 0 amide bonds. The van der Waals surface area contributed by atoms with Crippen LogP contribution in [0.25, 0.3) is 5.57 Å². The van der Waals surface area contributed by atoms with Crippen LogP contribution in [0.4, 0.5) is 0 Å². The first-order valence-corrected chi connectivity index (χ1v) is 5.10. The van der Waals surface area contributed by atoms with E-state index < -0.39 is 0 Å². The van der Waals surface area contributed by atoms with Gasteiger partial charge in [-0.05, 0) is 29.7 Å². The lowest BCUT2D eigenvalue weighted by Gasteiger charge is -2.06. The van der Waals surface area contributed by atoms with E-state index in [1.54, 1.807) is 0 Å². The second kappa shape index (κ2) is 4.61. The van der Waals surface area contributed by atoms with Gasteiger partial charge in [0.15, 0.2) is 0 Å². The number of benzene rings is 2. The summed E-state index contributed by atoms with van der Waals surface area (Å²) in [5.41, 5.74) is 3.76. The molecular formula is C15H13. The van der Waals surface area contributed by atoms with Gasteiger partial charge in [0.05, 0.1) is 0 Å². The third kappa shape index (κ3) is 2.16. The van der Waals surface area contributed by atoms with Crippen LogP contribution in [0.15, 0.2) is 60.7 Å². The summed E-state index contributed by atoms with van der Waals surface area (Å²) in [6.45, 7) is 2.07. The molecule has 0 saturated heterocycles. The fourth-order valence-electron chi connectivity index (χ4n) is 1.68. The summed E-state index contributed by atoms with van der Waals surface area (Å²) in [5.74, 6) is 0. The van der Waals surface area contributed by atoms with Crippen molar-refractivity contribution in [3.05, 3.63) is 77.9 Å². The molecule has 0 unspecified atom stereocenters. The van der Waals surface area contributed by atoms with E-state index in [-0.39, 0.29) is 0 Å². The molecule has 0 aliphatic carbocycles. The third-order valence-corrected chi connectivity index (χ3v) is 2.40. The van der Waals surface area contributed by atoms with Crippen molar-refractivity contribution in [2.45, 2.75) is 6.92 Å². The molecule has 0 heteroatoms. The van der Waals surface area contributed by atoms with Gasteiger partial charge in [-0.15, -0.1) is 0 Å². The van der Waals surface area contributed by atoms with Gasteiger partial charge in [-0.3, -0.25) is 0 Å². The van der Waals surface area contributed by atoms with Gasteiger partial charge < -0.3 is 0 Å². The highest BCUT2D eigenvalue weighted by Gasteiger charge is 2.01. The van der Waals surface area contributed by atoms with E-state index in [9.17, 15) is 0 Å². The first kappa shape index (κ1) is 9.72. The second-order valence-electron chi connectivity index (χ2n) is 3.36. The standard InChI is InChI=1S/C15H13/c1-2-15(13-9-5-3-6-10-13)14-11-7-4-8-12-14/h2-3,5-12H,1H3/b15-2-. The highest BCUT2D eigenvalue weighted by atomic mass is 14.1. The minimum absolute atomic E-state index is 1.24. The zero-order valence-corrected chi connectivity index (χ0v) is 8.77. The van der Waals surface area contributed by atoms with Gasteiger partial charge >= 0.3 is 0 Å². The molecule has 0 spiro atoms. The fraction of sp³-hybridized carbons (Fsp3) is 0.0667. The molecule has 0 atom stereocenters. The zero-order valence-electron chi connectivity index (χ0n) is 8.77. The van der Waals surface area contributed by atoms with Crippen molar-refractivity contribution in [1.82, 2.24) is 0 Å². The minimum Gasteiger partial charge on any atom is -0.0792 e. The first-order valence-electron chi connectivity index (χ1n) is 5.10. The number of hydrogen-bond donors (Lipinski definition) is 0. The molecule has 0 nitrogen and oxygen atoms in total. The Labute approximate surface area is 90.9 Å². The molecule has 2 aromatic rings. The Hall–Kier alpha value is -1.82. The molecule has 2 aromatic carbocycles. The Morgan fingerprint density at radius 1 is 0.933 bits per heavy atom. The topological polar surface area (TPSA) is 0 Å². The maximum absolute atomic E-state index is 3.04. The number of allylic oxidation sites excluding steroid dienone is 1. The largest absolute Gasteiger partial charge is 0.0792 e. The Morgan fingerprint density at radius 3 is 2.13 bits per heavy atom. The number of hydrogen-bond acceptors (Lipinski definition) is 0. The van der Waals surface area contributed by atoms with Crippen molar-refractivity contribution in [3.8, 4) is 0 Å². The molecule has 0 aliphatic heterocycles. The molecular weight excluding hydrogens is 180 g/mol. The number of rotatable bonds is 2. The predicted molar refractivity (Wildman–Crippen MR) is 64.5 cm³/mol. The molecule has 2 rings (SSSR count). The fourth-order valence-corrected chi connectivity index (χ4v) is 1.68. The molecule has 0 fully saturated rings. The van der Waals surface area contributed by atoms with E-state index in [2.05, 4.69) is 55.5 Å². The smallest absolute Gasteiger partial charge is 0.0154 e. The van der Waals surface area contributed by atoms with Gasteiger partial charge in [0.2, 0.25) is 0 Å². The van der Waals surface area contributed by atoms with Gasteiger partial charge in [-0.1, -0.05) is 60.7 Å². The third-order valence-electron chi connectivity index (χ3n) is 2.40. The lowest BCUT2D eigenvalue weighted by atomic mass is 9.98. The molecule has 73 valence electrons. The Balaban J connectivity index is 2.44. The first-order chi connectivity index (χ1) is 7.42. The van der Waals surface area contributed by atoms with Crippen molar-refractivity contribution in [2.75, 3.05) is 0 Å². The van der Waals surface area contributed by atoms with Crippen LogP contribution in [0.5, 0.6) is 0 Å². The predicted octanol–water partition coefficient (Wildman–Crippen LogP) is 3.94. The van der Waals surface area contributed by atoms with Crippen LogP contribution in [0, 0.1) is 6.07 Å². The Kier molecular flexibility index (Phi) is 2.99. The summed E-state index contributed by atoms with van der Waals surface area (Å²) in [7, 11) is 0. The van der Waals surface area contributed by atoms with Gasteiger partial charge in [0.25, 0.3) is 0 Å². The van der Waals surface area contributed by atoms with Gasteiger partial charge in [0, 0.05) is 0 Å². The molecule has 0 saturated carbocycles. The van der Waals surface area contributed by atoms with Crippen LogP contribution in [0.2, 0.25) is 0 Å². The summed E-state index contributed by atoms with van der Waals surface area (Å²) in [4.78, 5) is 0. The monoisotopic (exact) mass is 193 g/mol. The highest BCUT2D eigenvalue weighted by molar-refractivity contribution is 5.79. The van der Waals surface area contributed by atoms with Crippen molar-refractivity contribution < 1.29 is 0 Å². The quantitative estimate of drug-likeness (QED) is 0.677. The maximum Gasteiger partial charge on any atom is -0.0154 e. The SMILES string of the molecule is C/C=C(\c1cc[c]cc1)c1ccccc1. The van der Waals surface area contributed by atoms with Crippen LogP contribution in [0.1, 0.15) is 18.1 Å². The van der Waals surface area contributed by atoms with E-state index >= 15 is 0 Å².